The first-order valence-corrected chi connectivity index (χ1v) is 9.88. The van der Waals surface area contributed by atoms with E-state index in [0.717, 1.165) is 42.3 Å². The van der Waals surface area contributed by atoms with Gasteiger partial charge >= 0.3 is 6.09 Å². The lowest BCUT2D eigenvalue weighted by molar-refractivity contribution is -0.132. The van der Waals surface area contributed by atoms with Crippen LogP contribution < -0.4 is 11.1 Å². The number of nitrogens with one attached hydrogen (secondary N) is 1. The van der Waals surface area contributed by atoms with Crippen LogP contribution in [0.5, 0.6) is 0 Å². The van der Waals surface area contributed by atoms with Crippen LogP contribution in [-0.2, 0) is 9.53 Å². The number of anilines is 1. The molecule has 0 aromatic heterocycles. The van der Waals surface area contributed by atoms with Crippen LogP contribution in [0.15, 0.2) is 24.3 Å². The van der Waals surface area contributed by atoms with Crippen molar-refractivity contribution in [3.8, 4) is 0 Å². The summed E-state index contributed by atoms with van der Waals surface area (Å²) in [5.41, 5.74) is 6.89. The van der Waals surface area contributed by atoms with Crippen molar-refractivity contribution in [3.05, 3.63) is 27.8 Å². The zero-order chi connectivity index (χ0) is 17.8. The highest BCUT2D eigenvalue weighted by Gasteiger charge is 2.36. The fraction of sp³-hybridized carbons (Fsp3) is 0.556. The van der Waals surface area contributed by atoms with Crippen LogP contribution in [0.25, 0.3) is 0 Å². The van der Waals surface area contributed by atoms with Crippen molar-refractivity contribution in [2.45, 2.75) is 44.2 Å². The molecule has 1 aromatic carbocycles. The van der Waals surface area contributed by atoms with E-state index in [1.54, 1.807) is 0 Å². The van der Waals surface area contributed by atoms with Crippen molar-refractivity contribution in [3.63, 3.8) is 0 Å². The Bertz CT molecular complexity index is 616. The Hall–Kier alpha value is -1.35. The lowest BCUT2D eigenvalue weighted by Crippen LogP contribution is -2.46. The average Bonchev–Trinajstić information content (AvgIpc) is 3.27. The van der Waals surface area contributed by atoms with E-state index in [4.69, 9.17) is 10.5 Å². The fourth-order valence-electron chi connectivity index (χ4n) is 3.59. The van der Waals surface area contributed by atoms with Gasteiger partial charge in [0.05, 0.1) is 6.04 Å². The van der Waals surface area contributed by atoms with E-state index in [-0.39, 0.29) is 17.9 Å². The molecule has 2 amide bonds. The number of carbonyl (C=O) groups excluding carboxylic acids is 2. The summed E-state index contributed by atoms with van der Waals surface area (Å²) in [5.74, 6) is 0.135. The van der Waals surface area contributed by atoms with Crippen molar-refractivity contribution in [2.75, 3.05) is 18.4 Å². The smallest absolute Gasteiger partial charge is 0.411 e. The van der Waals surface area contributed by atoms with Gasteiger partial charge in [-0.2, -0.15) is 0 Å². The van der Waals surface area contributed by atoms with Crippen molar-refractivity contribution in [1.82, 2.24) is 4.90 Å². The molecule has 0 radical (unpaired) electrons. The molecule has 2 aliphatic rings. The molecule has 7 heteroatoms. The summed E-state index contributed by atoms with van der Waals surface area (Å²) < 4.78 is 6.60. The molecule has 136 valence electrons. The van der Waals surface area contributed by atoms with Crippen molar-refractivity contribution >= 4 is 40.3 Å². The molecular weight excluding hydrogens is 433 g/mol. The highest BCUT2D eigenvalue weighted by molar-refractivity contribution is 14.1. The van der Waals surface area contributed by atoms with Crippen molar-refractivity contribution in [2.24, 2.45) is 11.7 Å². The predicted octanol–water partition coefficient (Wildman–Crippen LogP) is 2.96. The van der Waals surface area contributed by atoms with Crippen LogP contribution in [-0.4, -0.2) is 42.1 Å². The van der Waals surface area contributed by atoms with Gasteiger partial charge in [0.15, 0.2) is 0 Å². The molecule has 1 aliphatic heterocycles. The van der Waals surface area contributed by atoms with E-state index < -0.39 is 12.1 Å². The van der Waals surface area contributed by atoms with Crippen LogP contribution in [0.4, 0.5) is 10.5 Å². The molecule has 6 nitrogen and oxygen atoms in total. The molecule has 1 saturated carbocycles. The van der Waals surface area contributed by atoms with Gasteiger partial charge in [0.25, 0.3) is 0 Å². The normalized spacial score (nSPS) is 24.2. The summed E-state index contributed by atoms with van der Waals surface area (Å²) >= 11 is 2.21. The standard InChI is InChI=1S/C18H24IN3O3/c19-13-4-6-14(7-5-13)21-18(24)25-15-8-3-12(11-15)16(20)17(23)22-9-1-2-10-22/h4-7,12,15-16H,1-3,8-11,20H2,(H,21,24)/t12-,15-,16-/m0/s1. The molecule has 0 spiro atoms. The molecule has 1 aromatic rings. The first-order chi connectivity index (χ1) is 12.0. The van der Waals surface area contributed by atoms with Gasteiger partial charge in [-0.15, -0.1) is 0 Å². The molecular formula is C18H24IN3O3. The van der Waals surface area contributed by atoms with E-state index in [9.17, 15) is 9.59 Å². The summed E-state index contributed by atoms with van der Waals surface area (Å²) in [5, 5.41) is 2.74. The van der Waals surface area contributed by atoms with Crippen LogP contribution in [0.2, 0.25) is 0 Å². The van der Waals surface area contributed by atoms with Gasteiger partial charge in [-0.3, -0.25) is 10.1 Å². The predicted molar refractivity (Wildman–Crippen MR) is 104 cm³/mol. The highest BCUT2D eigenvalue weighted by atomic mass is 127. The number of likely N-dealkylation sites (tertiary alicyclic amines) is 1. The number of hydrogen-bond donors (Lipinski definition) is 2. The van der Waals surface area contributed by atoms with Crippen LogP contribution in [0.3, 0.4) is 0 Å². The van der Waals surface area contributed by atoms with E-state index in [0.29, 0.717) is 12.1 Å². The molecule has 0 bridgehead atoms. The van der Waals surface area contributed by atoms with Gasteiger partial charge in [-0.1, -0.05) is 0 Å². The number of hydrogen-bond acceptors (Lipinski definition) is 4. The Kier molecular flexibility index (Phi) is 6.16. The molecule has 3 rings (SSSR count). The Labute approximate surface area is 161 Å². The summed E-state index contributed by atoms with van der Waals surface area (Å²) in [7, 11) is 0. The van der Waals surface area contributed by atoms with Gasteiger partial charge in [-0.25, -0.2) is 4.79 Å². The zero-order valence-electron chi connectivity index (χ0n) is 14.1. The highest BCUT2D eigenvalue weighted by Crippen LogP contribution is 2.31. The minimum atomic E-state index is -0.481. The maximum absolute atomic E-state index is 12.4. The zero-order valence-corrected chi connectivity index (χ0v) is 16.3. The van der Waals surface area contributed by atoms with Gasteiger partial charge < -0.3 is 15.4 Å². The third-order valence-electron chi connectivity index (χ3n) is 5.00. The Morgan fingerprint density at radius 3 is 2.56 bits per heavy atom. The topological polar surface area (TPSA) is 84.7 Å². The second-order valence-electron chi connectivity index (χ2n) is 6.79. The molecule has 3 atom stereocenters. The molecule has 0 unspecified atom stereocenters. The lowest BCUT2D eigenvalue weighted by atomic mass is 9.97. The first-order valence-electron chi connectivity index (χ1n) is 8.80. The first kappa shape index (κ1) is 18.4. The summed E-state index contributed by atoms with van der Waals surface area (Å²) in [6, 6.07) is 7.04. The summed E-state index contributed by atoms with van der Waals surface area (Å²) in [4.78, 5) is 26.3. The number of nitrogens with two attached hydrogens (primary N) is 1. The second kappa shape index (κ2) is 8.35. The molecule has 3 N–H and O–H groups in total. The van der Waals surface area contributed by atoms with Crippen LogP contribution in [0.1, 0.15) is 32.1 Å². The van der Waals surface area contributed by atoms with Crippen LogP contribution >= 0.6 is 22.6 Å². The number of carbonyl (C=O) groups is 2. The number of ether oxygens (including phenoxy) is 1. The summed E-state index contributed by atoms with van der Waals surface area (Å²) in [6.45, 7) is 1.63. The molecule has 1 aliphatic carbocycles. The monoisotopic (exact) mass is 457 g/mol. The number of nitrogens with zero attached hydrogens (tertiary/aromatic N) is 1. The number of amides is 2. The Morgan fingerprint density at radius 1 is 1.20 bits per heavy atom. The maximum atomic E-state index is 12.4. The van der Waals surface area contributed by atoms with Crippen molar-refractivity contribution < 1.29 is 14.3 Å². The van der Waals surface area contributed by atoms with Crippen LogP contribution in [0, 0.1) is 9.49 Å². The second-order valence-corrected chi connectivity index (χ2v) is 8.04. The Morgan fingerprint density at radius 2 is 1.88 bits per heavy atom. The molecule has 1 heterocycles. The largest absolute Gasteiger partial charge is 0.446 e. The average molecular weight is 457 g/mol. The number of rotatable bonds is 4. The van der Waals surface area contributed by atoms with E-state index in [1.807, 2.05) is 29.2 Å². The summed E-state index contributed by atoms with van der Waals surface area (Å²) in [6.07, 6.45) is 3.73. The van der Waals surface area contributed by atoms with Gasteiger partial charge in [0.1, 0.15) is 6.10 Å². The molecule has 1 saturated heterocycles. The van der Waals surface area contributed by atoms with E-state index in [1.165, 1.54) is 0 Å². The van der Waals surface area contributed by atoms with Gasteiger partial charge in [0.2, 0.25) is 5.91 Å². The maximum Gasteiger partial charge on any atom is 0.411 e. The molecule has 25 heavy (non-hydrogen) atoms. The molecule has 2 fully saturated rings. The minimum absolute atomic E-state index is 0.0477. The minimum Gasteiger partial charge on any atom is -0.446 e. The third kappa shape index (κ3) is 4.84. The van der Waals surface area contributed by atoms with E-state index >= 15 is 0 Å². The van der Waals surface area contributed by atoms with Gasteiger partial charge in [0, 0.05) is 22.3 Å². The lowest BCUT2D eigenvalue weighted by Gasteiger charge is -2.24. The SMILES string of the molecule is N[C@H](C(=O)N1CCCC1)[C@H]1CC[C@H](OC(=O)Nc2ccc(I)cc2)C1. The van der Waals surface area contributed by atoms with Crippen molar-refractivity contribution in [1.29, 1.82) is 0 Å². The van der Waals surface area contributed by atoms with Gasteiger partial charge in [-0.05, 0) is 84.9 Å². The van der Waals surface area contributed by atoms with E-state index in [2.05, 4.69) is 27.9 Å². The number of benzene rings is 1. The third-order valence-corrected chi connectivity index (χ3v) is 5.72. The quantitative estimate of drug-likeness (QED) is 0.682. The number of halogens is 1. The Balaban J connectivity index is 1.46. The fourth-order valence-corrected chi connectivity index (χ4v) is 3.95.